The molecule has 0 heterocycles. The molecule has 90 valence electrons. The summed E-state index contributed by atoms with van der Waals surface area (Å²) in [6.45, 7) is 6.47. The lowest BCUT2D eigenvalue weighted by Crippen LogP contribution is -2.29. The highest BCUT2D eigenvalue weighted by atomic mass is 19.1. The zero-order valence-corrected chi connectivity index (χ0v) is 10.8. The smallest absolute Gasteiger partial charge is 0.123 e. The second-order valence-electron chi connectivity index (χ2n) is 4.38. The third kappa shape index (κ3) is 2.97. The van der Waals surface area contributed by atoms with Gasteiger partial charge in [-0.2, -0.15) is 0 Å². The summed E-state index contributed by atoms with van der Waals surface area (Å²) in [4.78, 5) is 2.25. The van der Waals surface area contributed by atoms with Gasteiger partial charge < -0.3 is 4.90 Å². The molecule has 0 N–H and O–H groups in total. The Kier molecular flexibility index (Phi) is 4.78. The van der Waals surface area contributed by atoms with Crippen LogP contribution in [0.2, 0.25) is 0 Å². The summed E-state index contributed by atoms with van der Waals surface area (Å²) in [7, 11) is 2.09. The van der Waals surface area contributed by atoms with Crippen molar-refractivity contribution < 1.29 is 4.39 Å². The highest BCUT2D eigenvalue weighted by molar-refractivity contribution is 5.54. The third-order valence-electron chi connectivity index (χ3n) is 3.17. The van der Waals surface area contributed by atoms with E-state index in [-0.39, 0.29) is 5.82 Å². The largest absolute Gasteiger partial charge is 0.372 e. The van der Waals surface area contributed by atoms with Gasteiger partial charge in [-0.1, -0.05) is 20.3 Å². The molecule has 1 aromatic carbocycles. The van der Waals surface area contributed by atoms with Crippen LogP contribution in [-0.2, 0) is 6.42 Å². The van der Waals surface area contributed by atoms with Crippen molar-refractivity contribution in [3.8, 4) is 0 Å². The minimum absolute atomic E-state index is 0.142. The van der Waals surface area contributed by atoms with Gasteiger partial charge in [-0.3, -0.25) is 0 Å². The molecule has 2 heteroatoms. The van der Waals surface area contributed by atoms with Crippen molar-refractivity contribution in [2.24, 2.45) is 0 Å². The fourth-order valence-electron chi connectivity index (χ4n) is 2.03. The standard InChI is InChI=1S/C14H22FN/c1-5-7-11(3)16(4)14-9-8-13(15)10-12(14)6-2/h8-11H,5-7H2,1-4H3. The third-order valence-corrected chi connectivity index (χ3v) is 3.17. The minimum Gasteiger partial charge on any atom is -0.372 e. The summed E-state index contributed by atoms with van der Waals surface area (Å²) < 4.78 is 13.1. The monoisotopic (exact) mass is 223 g/mol. The fraction of sp³-hybridized carbons (Fsp3) is 0.571. The highest BCUT2D eigenvalue weighted by Crippen LogP contribution is 2.24. The Bertz CT molecular complexity index is 336. The molecule has 0 saturated carbocycles. The molecule has 0 spiro atoms. The Labute approximate surface area is 98.3 Å². The van der Waals surface area contributed by atoms with E-state index in [4.69, 9.17) is 0 Å². The number of rotatable bonds is 5. The maximum atomic E-state index is 13.1. The van der Waals surface area contributed by atoms with Crippen LogP contribution in [0.25, 0.3) is 0 Å². The number of anilines is 1. The van der Waals surface area contributed by atoms with E-state index < -0.39 is 0 Å². The first kappa shape index (κ1) is 13.0. The first-order valence-corrected chi connectivity index (χ1v) is 6.11. The van der Waals surface area contributed by atoms with Gasteiger partial charge in [-0.15, -0.1) is 0 Å². The van der Waals surface area contributed by atoms with E-state index in [1.54, 1.807) is 12.1 Å². The van der Waals surface area contributed by atoms with Crippen molar-refractivity contribution in [2.45, 2.75) is 46.1 Å². The molecule has 0 aliphatic rings. The molecular weight excluding hydrogens is 201 g/mol. The summed E-state index contributed by atoms with van der Waals surface area (Å²) in [6.07, 6.45) is 3.21. The maximum Gasteiger partial charge on any atom is 0.123 e. The zero-order chi connectivity index (χ0) is 12.1. The van der Waals surface area contributed by atoms with Crippen LogP contribution in [0, 0.1) is 5.82 Å². The van der Waals surface area contributed by atoms with E-state index in [2.05, 4.69) is 32.7 Å². The Morgan fingerprint density at radius 3 is 2.56 bits per heavy atom. The van der Waals surface area contributed by atoms with E-state index in [0.717, 1.165) is 24.1 Å². The van der Waals surface area contributed by atoms with Crippen LogP contribution in [0.4, 0.5) is 10.1 Å². The van der Waals surface area contributed by atoms with Gasteiger partial charge in [-0.25, -0.2) is 4.39 Å². The highest BCUT2D eigenvalue weighted by Gasteiger charge is 2.12. The van der Waals surface area contributed by atoms with Crippen LogP contribution >= 0.6 is 0 Å². The average molecular weight is 223 g/mol. The Morgan fingerprint density at radius 1 is 1.31 bits per heavy atom. The van der Waals surface area contributed by atoms with Crippen molar-refractivity contribution in [3.63, 3.8) is 0 Å². The molecule has 0 fully saturated rings. The molecule has 1 unspecified atom stereocenters. The lowest BCUT2D eigenvalue weighted by atomic mass is 10.1. The van der Waals surface area contributed by atoms with Gasteiger partial charge in [0.2, 0.25) is 0 Å². The van der Waals surface area contributed by atoms with Gasteiger partial charge in [0.15, 0.2) is 0 Å². The van der Waals surface area contributed by atoms with Crippen LogP contribution in [0.15, 0.2) is 18.2 Å². The van der Waals surface area contributed by atoms with Crippen molar-refractivity contribution in [2.75, 3.05) is 11.9 Å². The lowest BCUT2D eigenvalue weighted by Gasteiger charge is -2.28. The molecule has 1 nitrogen and oxygen atoms in total. The molecule has 0 aromatic heterocycles. The van der Waals surface area contributed by atoms with Crippen molar-refractivity contribution in [1.29, 1.82) is 0 Å². The van der Waals surface area contributed by atoms with Crippen LogP contribution in [0.5, 0.6) is 0 Å². The topological polar surface area (TPSA) is 3.24 Å². The number of halogens is 1. The van der Waals surface area contributed by atoms with Crippen LogP contribution in [-0.4, -0.2) is 13.1 Å². The van der Waals surface area contributed by atoms with Gasteiger partial charge in [-0.05, 0) is 43.5 Å². The zero-order valence-electron chi connectivity index (χ0n) is 10.8. The molecule has 1 rings (SSSR count). The van der Waals surface area contributed by atoms with Crippen molar-refractivity contribution >= 4 is 5.69 Å². The Morgan fingerprint density at radius 2 is 2.00 bits per heavy atom. The number of benzene rings is 1. The quantitative estimate of drug-likeness (QED) is 0.729. The second kappa shape index (κ2) is 5.88. The number of nitrogens with zero attached hydrogens (tertiary/aromatic N) is 1. The van der Waals surface area contributed by atoms with E-state index in [9.17, 15) is 4.39 Å². The van der Waals surface area contributed by atoms with Gasteiger partial charge >= 0.3 is 0 Å². The predicted octanol–water partition coefficient (Wildman–Crippen LogP) is 4.01. The van der Waals surface area contributed by atoms with E-state index >= 15 is 0 Å². The van der Waals surface area contributed by atoms with Gasteiger partial charge in [0.25, 0.3) is 0 Å². The summed E-state index contributed by atoms with van der Waals surface area (Å²) in [6, 6.07) is 5.58. The van der Waals surface area contributed by atoms with Crippen LogP contribution < -0.4 is 4.90 Å². The Balaban J connectivity index is 2.93. The molecule has 1 aromatic rings. The van der Waals surface area contributed by atoms with Crippen LogP contribution in [0.1, 0.15) is 39.2 Å². The van der Waals surface area contributed by atoms with Crippen molar-refractivity contribution in [1.82, 2.24) is 0 Å². The summed E-state index contributed by atoms with van der Waals surface area (Å²) >= 11 is 0. The molecular formula is C14H22FN. The van der Waals surface area contributed by atoms with E-state index in [0.29, 0.717) is 6.04 Å². The molecule has 0 saturated heterocycles. The summed E-state index contributed by atoms with van der Waals surface area (Å²) in [5.74, 6) is -0.142. The molecule has 0 aliphatic heterocycles. The van der Waals surface area contributed by atoms with Gasteiger partial charge in [0.05, 0.1) is 0 Å². The molecule has 0 amide bonds. The van der Waals surface area contributed by atoms with E-state index in [1.165, 1.54) is 6.42 Å². The van der Waals surface area contributed by atoms with Crippen LogP contribution in [0.3, 0.4) is 0 Å². The fourth-order valence-corrected chi connectivity index (χ4v) is 2.03. The van der Waals surface area contributed by atoms with Gasteiger partial charge in [0, 0.05) is 18.8 Å². The van der Waals surface area contributed by atoms with E-state index in [1.807, 2.05) is 6.07 Å². The lowest BCUT2D eigenvalue weighted by molar-refractivity contribution is 0.608. The molecule has 16 heavy (non-hydrogen) atoms. The predicted molar refractivity (Wildman–Crippen MR) is 68.6 cm³/mol. The molecule has 0 bridgehead atoms. The SMILES string of the molecule is CCCC(C)N(C)c1ccc(F)cc1CC. The maximum absolute atomic E-state index is 13.1. The molecule has 0 aliphatic carbocycles. The van der Waals surface area contributed by atoms with Gasteiger partial charge in [0.1, 0.15) is 5.82 Å². The first-order valence-electron chi connectivity index (χ1n) is 6.11. The number of hydrogen-bond acceptors (Lipinski definition) is 1. The number of aryl methyl sites for hydroxylation is 1. The van der Waals surface area contributed by atoms with Crippen molar-refractivity contribution in [3.05, 3.63) is 29.6 Å². The molecule has 1 atom stereocenters. The number of hydrogen-bond donors (Lipinski definition) is 0. The second-order valence-corrected chi connectivity index (χ2v) is 4.38. The minimum atomic E-state index is -0.142. The molecule has 0 radical (unpaired) electrons. The Hall–Kier alpha value is -1.05. The summed E-state index contributed by atoms with van der Waals surface area (Å²) in [5.41, 5.74) is 2.25. The average Bonchev–Trinajstić information content (AvgIpc) is 2.28. The first-order chi connectivity index (χ1) is 7.60. The summed E-state index contributed by atoms with van der Waals surface area (Å²) in [5, 5.41) is 0. The normalized spacial score (nSPS) is 12.6.